The van der Waals surface area contributed by atoms with Crippen LogP contribution in [0.25, 0.3) is 0 Å². The summed E-state index contributed by atoms with van der Waals surface area (Å²) in [7, 11) is 0. The molecule has 0 aliphatic heterocycles. The number of nitrogens with two attached hydrogens (primary N) is 1. The zero-order chi connectivity index (χ0) is 12.8. The van der Waals surface area contributed by atoms with Crippen molar-refractivity contribution in [3.05, 3.63) is 0 Å². The van der Waals surface area contributed by atoms with E-state index < -0.39 is 23.7 Å². The Morgan fingerprint density at radius 1 is 1.41 bits per heavy atom. The first-order valence-electron chi connectivity index (χ1n) is 5.18. The molecule has 7 heteroatoms. The number of hydrogen-bond acceptors (Lipinski definition) is 4. The van der Waals surface area contributed by atoms with E-state index in [1.54, 1.807) is 20.8 Å². The Labute approximate surface area is 107 Å². The summed E-state index contributed by atoms with van der Waals surface area (Å²) in [5, 5.41) is 11.1. The van der Waals surface area contributed by atoms with Gasteiger partial charge in [-0.3, -0.25) is 0 Å². The molecule has 0 aromatic heterocycles. The average molecular weight is 269 g/mol. The van der Waals surface area contributed by atoms with Crippen LogP contribution in [0.2, 0.25) is 0 Å². The predicted octanol–water partition coefficient (Wildman–Crippen LogP) is 1.12. The van der Waals surface area contributed by atoms with E-state index >= 15 is 0 Å². The minimum Gasteiger partial charge on any atom is -0.480 e. The van der Waals surface area contributed by atoms with Crippen LogP contribution in [0.1, 0.15) is 33.6 Å². The summed E-state index contributed by atoms with van der Waals surface area (Å²) in [6, 6.07) is -0.946. The lowest BCUT2D eigenvalue weighted by atomic mass is 10.1. The first kappa shape index (κ1) is 18.4. The van der Waals surface area contributed by atoms with Crippen molar-refractivity contribution < 1.29 is 19.4 Å². The average Bonchev–Trinajstić information content (AvgIpc) is 2.08. The molecule has 0 spiro atoms. The molecule has 0 saturated heterocycles. The number of aliphatic carboxylic acids is 1. The van der Waals surface area contributed by atoms with Gasteiger partial charge in [0.25, 0.3) is 0 Å². The summed E-state index contributed by atoms with van der Waals surface area (Å²) in [5.41, 5.74) is 4.63. The maximum absolute atomic E-state index is 11.3. The molecule has 0 aromatic carbocycles. The molecule has 1 amide bonds. The van der Waals surface area contributed by atoms with Gasteiger partial charge in [-0.2, -0.15) is 0 Å². The number of hydrogen-bond donors (Lipinski definition) is 3. The third kappa shape index (κ3) is 9.89. The van der Waals surface area contributed by atoms with Crippen LogP contribution in [0.5, 0.6) is 0 Å². The van der Waals surface area contributed by atoms with Gasteiger partial charge in [-0.1, -0.05) is 0 Å². The van der Waals surface area contributed by atoms with Crippen LogP contribution in [-0.2, 0) is 9.53 Å². The molecule has 0 rings (SSSR count). The van der Waals surface area contributed by atoms with Crippen LogP contribution in [0, 0.1) is 0 Å². The van der Waals surface area contributed by atoms with Gasteiger partial charge in [0.15, 0.2) is 0 Å². The second kappa shape index (κ2) is 8.14. The minimum absolute atomic E-state index is 0. The number of ether oxygens (including phenoxy) is 1. The first-order chi connectivity index (χ1) is 7.26. The van der Waals surface area contributed by atoms with Crippen molar-refractivity contribution in [1.29, 1.82) is 0 Å². The highest BCUT2D eigenvalue weighted by atomic mass is 35.5. The van der Waals surface area contributed by atoms with Crippen molar-refractivity contribution in [1.82, 2.24) is 5.32 Å². The lowest BCUT2D eigenvalue weighted by Gasteiger charge is -2.21. The second-order valence-corrected chi connectivity index (χ2v) is 4.47. The molecule has 0 radical (unpaired) electrons. The lowest BCUT2D eigenvalue weighted by molar-refractivity contribution is -0.139. The van der Waals surface area contributed by atoms with Gasteiger partial charge < -0.3 is 20.9 Å². The molecule has 0 bridgehead atoms. The van der Waals surface area contributed by atoms with E-state index in [0.717, 1.165) is 0 Å². The van der Waals surface area contributed by atoms with Crippen molar-refractivity contribution in [2.45, 2.75) is 45.3 Å². The van der Waals surface area contributed by atoms with Crippen molar-refractivity contribution >= 4 is 24.5 Å². The van der Waals surface area contributed by atoms with Crippen LogP contribution in [0.15, 0.2) is 0 Å². The molecule has 0 aliphatic carbocycles. The lowest BCUT2D eigenvalue weighted by Crippen LogP contribution is -2.43. The standard InChI is InChI=1S/C10H20N2O4.ClH/c1-10(2,3)16-9(15)12-7(8(13)14)5-4-6-11;/h7H,4-6,11H2,1-3H3,(H,12,15)(H,13,14);1H/t7-;/m0./s1. The predicted molar refractivity (Wildman–Crippen MR) is 66.3 cm³/mol. The van der Waals surface area contributed by atoms with Crippen molar-refractivity contribution in [3.63, 3.8) is 0 Å². The number of carboxylic acids is 1. The maximum Gasteiger partial charge on any atom is 0.408 e. The number of carbonyl (C=O) groups is 2. The fourth-order valence-electron chi connectivity index (χ4n) is 1.03. The van der Waals surface area contributed by atoms with E-state index in [0.29, 0.717) is 19.4 Å². The summed E-state index contributed by atoms with van der Waals surface area (Å²) in [6.07, 6.45) is 0.106. The highest BCUT2D eigenvalue weighted by Crippen LogP contribution is 2.07. The Morgan fingerprint density at radius 2 is 1.94 bits per heavy atom. The molecule has 1 atom stereocenters. The fraction of sp³-hybridized carbons (Fsp3) is 0.800. The Balaban J connectivity index is 0. The van der Waals surface area contributed by atoms with E-state index in [2.05, 4.69) is 5.32 Å². The summed E-state index contributed by atoms with van der Waals surface area (Å²) in [6.45, 7) is 5.52. The highest BCUT2D eigenvalue weighted by molar-refractivity contribution is 5.85. The maximum atomic E-state index is 11.3. The van der Waals surface area contributed by atoms with Crippen molar-refractivity contribution in [3.8, 4) is 0 Å². The van der Waals surface area contributed by atoms with Gasteiger partial charge in [-0.15, -0.1) is 12.4 Å². The first-order valence-corrected chi connectivity index (χ1v) is 5.18. The fourth-order valence-corrected chi connectivity index (χ4v) is 1.03. The Kier molecular flexibility index (Phi) is 8.79. The summed E-state index contributed by atoms with van der Waals surface area (Å²) < 4.78 is 4.95. The van der Waals surface area contributed by atoms with Crippen LogP contribution >= 0.6 is 12.4 Å². The number of alkyl carbamates (subject to hydrolysis) is 1. The Hall–Kier alpha value is -1.01. The molecule has 4 N–H and O–H groups in total. The van der Waals surface area contributed by atoms with Crippen LogP contribution in [0.3, 0.4) is 0 Å². The second-order valence-electron chi connectivity index (χ2n) is 4.47. The topological polar surface area (TPSA) is 102 Å². The number of rotatable bonds is 5. The monoisotopic (exact) mass is 268 g/mol. The molecule has 0 saturated carbocycles. The van der Waals surface area contributed by atoms with Gasteiger partial charge >= 0.3 is 12.1 Å². The number of nitrogens with one attached hydrogen (secondary N) is 1. The van der Waals surface area contributed by atoms with Crippen molar-refractivity contribution in [2.24, 2.45) is 5.73 Å². The normalized spacial score (nSPS) is 12.2. The van der Waals surface area contributed by atoms with E-state index in [1.807, 2.05) is 0 Å². The molecule has 102 valence electrons. The largest absolute Gasteiger partial charge is 0.480 e. The van der Waals surface area contributed by atoms with E-state index in [-0.39, 0.29) is 12.4 Å². The quantitative estimate of drug-likeness (QED) is 0.694. The van der Waals surface area contributed by atoms with E-state index in [4.69, 9.17) is 15.6 Å². The third-order valence-electron chi connectivity index (χ3n) is 1.69. The molecular formula is C10H21ClN2O4. The summed E-state index contributed by atoms with van der Waals surface area (Å²) in [5.74, 6) is -1.08. The Morgan fingerprint density at radius 3 is 2.29 bits per heavy atom. The molecule has 17 heavy (non-hydrogen) atoms. The highest BCUT2D eigenvalue weighted by Gasteiger charge is 2.23. The van der Waals surface area contributed by atoms with Gasteiger partial charge in [0.2, 0.25) is 0 Å². The molecule has 0 fully saturated rings. The molecule has 0 unspecified atom stereocenters. The summed E-state index contributed by atoms with van der Waals surface area (Å²) >= 11 is 0. The van der Waals surface area contributed by atoms with Gasteiger partial charge in [-0.25, -0.2) is 9.59 Å². The zero-order valence-corrected chi connectivity index (χ0v) is 11.2. The van der Waals surface area contributed by atoms with Crippen LogP contribution < -0.4 is 11.1 Å². The van der Waals surface area contributed by atoms with Crippen LogP contribution in [-0.4, -0.2) is 35.4 Å². The third-order valence-corrected chi connectivity index (χ3v) is 1.69. The molecule has 0 aromatic rings. The van der Waals surface area contributed by atoms with Gasteiger partial charge in [-0.05, 0) is 40.2 Å². The molecule has 0 aliphatic rings. The van der Waals surface area contributed by atoms with E-state index in [1.165, 1.54) is 0 Å². The number of amides is 1. The number of carboxylic acid groups (broad SMARTS) is 1. The molecule has 6 nitrogen and oxygen atoms in total. The zero-order valence-electron chi connectivity index (χ0n) is 10.4. The SMILES string of the molecule is CC(C)(C)OC(=O)N[C@@H](CCCN)C(=O)O.Cl. The number of halogens is 1. The molecular weight excluding hydrogens is 248 g/mol. The Bertz CT molecular complexity index is 253. The molecule has 0 heterocycles. The number of carbonyl (C=O) groups excluding carboxylic acids is 1. The van der Waals surface area contributed by atoms with Gasteiger partial charge in [0.05, 0.1) is 0 Å². The summed E-state index contributed by atoms with van der Waals surface area (Å²) in [4.78, 5) is 22.1. The van der Waals surface area contributed by atoms with Gasteiger partial charge in [0, 0.05) is 0 Å². The van der Waals surface area contributed by atoms with E-state index in [9.17, 15) is 9.59 Å². The van der Waals surface area contributed by atoms with Gasteiger partial charge in [0.1, 0.15) is 11.6 Å². The smallest absolute Gasteiger partial charge is 0.408 e. The van der Waals surface area contributed by atoms with Crippen LogP contribution in [0.4, 0.5) is 4.79 Å². The van der Waals surface area contributed by atoms with Crippen molar-refractivity contribution in [2.75, 3.05) is 6.54 Å². The minimum atomic E-state index is -1.08.